The number of amides is 1. The smallest absolute Gasteiger partial charge is 0.255 e. The predicted molar refractivity (Wildman–Crippen MR) is 104 cm³/mol. The second-order valence-corrected chi connectivity index (χ2v) is 6.00. The van der Waals surface area contributed by atoms with Crippen molar-refractivity contribution >= 4 is 5.91 Å². The molecule has 0 aliphatic heterocycles. The fourth-order valence-electron chi connectivity index (χ4n) is 2.69. The third-order valence-corrected chi connectivity index (χ3v) is 4.09. The summed E-state index contributed by atoms with van der Waals surface area (Å²) in [7, 11) is 0. The maximum absolute atomic E-state index is 13.0. The maximum atomic E-state index is 13.0. The van der Waals surface area contributed by atoms with Gasteiger partial charge in [0.15, 0.2) is 0 Å². The summed E-state index contributed by atoms with van der Waals surface area (Å²) in [5, 5.41) is 2.78. The van der Waals surface area contributed by atoms with E-state index in [1.807, 2.05) is 6.92 Å². The van der Waals surface area contributed by atoms with Gasteiger partial charge in [0.05, 0.1) is 24.2 Å². The van der Waals surface area contributed by atoms with Crippen LogP contribution < -0.4 is 15.6 Å². The molecule has 0 saturated carbocycles. The lowest BCUT2D eigenvalue weighted by Gasteiger charge is -2.11. The Morgan fingerprint density at radius 1 is 1.18 bits per heavy atom. The standard InChI is InChI=1S/C21H20FN3O3/c1-2-28-19-6-4-3-5-17(19)21(27)23-11-12-25-14-24-18(13-20(25)26)15-7-9-16(22)10-8-15/h3-10,13-14H,2,11-12H2,1H3,(H,23,27). The minimum Gasteiger partial charge on any atom is -0.493 e. The van der Waals surface area contributed by atoms with E-state index in [-0.39, 0.29) is 30.4 Å². The first-order chi connectivity index (χ1) is 13.6. The van der Waals surface area contributed by atoms with Crippen LogP contribution >= 0.6 is 0 Å². The Morgan fingerprint density at radius 2 is 1.93 bits per heavy atom. The van der Waals surface area contributed by atoms with E-state index in [1.165, 1.54) is 29.1 Å². The van der Waals surface area contributed by atoms with E-state index < -0.39 is 0 Å². The number of carbonyl (C=O) groups is 1. The molecule has 6 nitrogen and oxygen atoms in total. The summed E-state index contributed by atoms with van der Waals surface area (Å²) < 4.78 is 19.9. The highest BCUT2D eigenvalue weighted by molar-refractivity contribution is 5.96. The summed E-state index contributed by atoms with van der Waals surface area (Å²) in [6.07, 6.45) is 1.42. The van der Waals surface area contributed by atoms with Gasteiger partial charge in [-0.2, -0.15) is 0 Å². The molecule has 3 aromatic rings. The number of hydrogen-bond acceptors (Lipinski definition) is 4. The van der Waals surface area contributed by atoms with Crippen molar-refractivity contribution in [3.63, 3.8) is 0 Å². The van der Waals surface area contributed by atoms with Crippen molar-refractivity contribution in [2.45, 2.75) is 13.5 Å². The molecule has 1 aromatic heterocycles. The van der Waals surface area contributed by atoms with Crippen LogP contribution in [0.5, 0.6) is 5.75 Å². The van der Waals surface area contributed by atoms with E-state index in [9.17, 15) is 14.0 Å². The Kier molecular flexibility index (Phi) is 6.16. The van der Waals surface area contributed by atoms with Crippen molar-refractivity contribution < 1.29 is 13.9 Å². The van der Waals surface area contributed by atoms with Gasteiger partial charge in [-0.3, -0.25) is 14.2 Å². The average Bonchev–Trinajstić information content (AvgIpc) is 2.70. The zero-order chi connectivity index (χ0) is 19.9. The quantitative estimate of drug-likeness (QED) is 0.683. The van der Waals surface area contributed by atoms with Crippen molar-refractivity contribution in [3.05, 3.63) is 82.7 Å². The van der Waals surface area contributed by atoms with Crippen molar-refractivity contribution in [1.82, 2.24) is 14.9 Å². The van der Waals surface area contributed by atoms with Gasteiger partial charge >= 0.3 is 0 Å². The average molecular weight is 381 g/mol. The molecule has 0 atom stereocenters. The van der Waals surface area contributed by atoms with Crippen LogP contribution in [0, 0.1) is 5.82 Å². The van der Waals surface area contributed by atoms with Gasteiger partial charge < -0.3 is 10.1 Å². The minimum atomic E-state index is -0.348. The second kappa shape index (κ2) is 8.94. The monoisotopic (exact) mass is 381 g/mol. The summed E-state index contributed by atoms with van der Waals surface area (Å²) in [6.45, 7) is 2.85. The van der Waals surface area contributed by atoms with Crippen LogP contribution in [0.25, 0.3) is 11.3 Å². The van der Waals surface area contributed by atoms with Crippen molar-refractivity contribution in [1.29, 1.82) is 0 Å². The number of nitrogens with zero attached hydrogens (tertiary/aromatic N) is 2. The molecule has 0 bridgehead atoms. The van der Waals surface area contributed by atoms with Gasteiger partial charge in [-0.05, 0) is 43.3 Å². The number of aromatic nitrogens is 2. The first kappa shape index (κ1) is 19.3. The molecule has 144 valence electrons. The van der Waals surface area contributed by atoms with Gasteiger partial charge in [-0.25, -0.2) is 9.37 Å². The Morgan fingerprint density at radius 3 is 2.64 bits per heavy atom. The topological polar surface area (TPSA) is 73.2 Å². The molecular weight excluding hydrogens is 361 g/mol. The first-order valence-corrected chi connectivity index (χ1v) is 8.91. The molecule has 1 amide bonds. The highest BCUT2D eigenvalue weighted by Gasteiger charge is 2.11. The van der Waals surface area contributed by atoms with Crippen LogP contribution in [0.4, 0.5) is 4.39 Å². The van der Waals surface area contributed by atoms with Crippen LogP contribution in [0.2, 0.25) is 0 Å². The molecule has 0 aliphatic carbocycles. The van der Waals surface area contributed by atoms with Crippen LogP contribution in [-0.4, -0.2) is 28.6 Å². The fourth-order valence-corrected chi connectivity index (χ4v) is 2.69. The van der Waals surface area contributed by atoms with E-state index in [0.717, 1.165) is 0 Å². The molecule has 0 unspecified atom stereocenters. The largest absolute Gasteiger partial charge is 0.493 e. The Bertz CT molecular complexity index is 1020. The second-order valence-electron chi connectivity index (χ2n) is 6.00. The molecule has 0 spiro atoms. The zero-order valence-electron chi connectivity index (χ0n) is 15.4. The Labute approximate surface area is 161 Å². The minimum absolute atomic E-state index is 0.252. The van der Waals surface area contributed by atoms with Gasteiger partial charge in [-0.1, -0.05) is 12.1 Å². The Balaban J connectivity index is 1.63. The number of rotatable bonds is 7. The maximum Gasteiger partial charge on any atom is 0.255 e. The molecule has 1 heterocycles. The van der Waals surface area contributed by atoms with Crippen LogP contribution in [-0.2, 0) is 6.54 Å². The molecule has 28 heavy (non-hydrogen) atoms. The number of nitrogens with one attached hydrogen (secondary N) is 1. The third-order valence-electron chi connectivity index (χ3n) is 4.09. The summed E-state index contributed by atoms with van der Waals surface area (Å²) in [4.78, 5) is 28.9. The van der Waals surface area contributed by atoms with E-state index in [4.69, 9.17) is 4.74 Å². The third kappa shape index (κ3) is 4.62. The lowest BCUT2D eigenvalue weighted by Crippen LogP contribution is -2.31. The van der Waals surface area contributed by atoms with E-state index >= 15 is 0 Å². The molecule has 1 N–H and O–H groups in total. The number of hydrogen-bond donors (Lipinski definition) is 1. The normalized spacial score (nSPS) is 10.5. The highest BCUT2D eigenvalue weighted by atomic mass is 19.1. The molecular formula is C21H20FN3O3. The molecule has 0 aliphatic rings. The van der Waals surface area contributed by atoms with Crippen LogP contribution in [0.3, 0.4) is 0 Å². The van der Waals surface area contributed by atoms with Crippen molar-refractivity contribution in [3.8, 4) is 17.0 Å². The molecule has 7 heteroatoms. The van der Waals surface area contributed by atoms with Crippen molar-refractivity contribution in [2.24, 2.45) is 0 Å². The fraction of sp³-hybridized carbons (Fsp3) is 0.190. The van der Waals surface area contributed by atoms with Gasteiger partial charge in [0.1, 0.15) is 11.6 Å². The first-order valence-electron chi connectivity index (χ1n) is 8.91. The number of para-hydroxylation sites is 1. The molecule has 0 radical (unpaired) electrons. The number of ether oxygens (including phenoxy) is 1. The van der Waals surface area contributed by atoms with Gasteiger partial charge in [0.2, 0.25) is 0 Å². The predicted octanol–water partition coefficient (Wildman–Crippen LogP) is 2.88. The van der Waals surface area contributed by atoms with Gasteiger partial charge in [-0.15, -0.1) is 0 Å². The lowest BCUT2D eigenvalue weighted by atomic mass is 10.1. The molecule has 3 rings (SSSR count). The number of halogens is 1. The van der Waals surface area contributed by atoms with Gasteiger partial charge in [0, 0.05) is 24.7 Å². The number of carbonyl (C=O) groups excluding carboxylic acids is 1. The molecule has 0 saturated heterocycles. The summed E-state index contributed by atoms with van der Waals surface area (Å²) in [6, 6.07) is 14.1. The van der Waals surface area contributed by atoms with Crippen molar-refractivity contribution in [2.75, 3.05) is 13.2 Å². The highest BCUT2D eigenvalue weighted by Crippen LogP contribution is 2.17. The number of benzene rings is 2. The SMILES string of the molecule is CCOc1ccccc1C(=O)NCCn1cnc(-c2ccc(F)cc2)cc1=O. The summed E-state index contributed by atoms with van der Waals surface area (Å²) in [5.41, 5.74) is 1.32. The van der Waals surface area contributed by atoms with E-state index in [1.54, 1.807) is 36.4 Å². The van der Waals surface area contributed by atoms with Gasteiger partial charge in [0.25, 0.3) is 11.5 Å². The summed E-state index contributed by atoms with van der Waals surface area (Å²) >= 11 is 0. The zero-order valence-corrected chi connectivity index (χ0v) is 15.4. The van der Waals surface area contributed by atoms with Crippen LogP contribution in [0.15, 0.2) is 65.7 Å². The molecule has 0 fully saturated rings. The molecule has 2 aromatic carbocycles. The van der Waals surface area contributed by atoms with E-state index in [2.05, 4.69) is 10.3 Å². The van der Waals surface area contributed by atoms with Crippen LogP contribution in [0.1, 0.15) is 17.3 Å². The van der Waals surface area contributed by atoms with E-state index in [0.29, 0.717) is 29.2 Å². The summed E-state index contributed by atoms with van der Waals surface area (Å²) in [5.74, 6) is -0.100. The lowest BCUT2D eigenvalue weighted by molar-refractivity contribution is 0.0948. The Hall–Kier alpha value is -3.48.